The van der Waals surface area contributed by atoms with Crippen molar-refractivity contribution in [1.29, 1.82) is 0 Å². The highest BCUT2D eigenvalue weighted by Crippen LogP contribution is 2.27. The zero-order valence-electron chi connectivity index (χ0n) is 18.5. The Morgan fingerprint density at radius 3 is 2.28 bits per heavy atom. The van der Waals surface area contributed by atoms with Crippen molar-refractivity contribution in [3.8, 4) is 0 Å². The van der Waals surface area contributed by atoms with Crippen LogP contribution >= 0.6 is 46.6 Å². The van der Waals surface area contributed by atoms with Crippen molar-refractivity contribution in [2.75, 3.05) is 5.75 Å². The van der Waals surface area contributed by atoms with Crippen LogP contribution in [0.25, 0.3) is 0 Å². The van der Waals surface area contributed by atoms with Crippen LogP contribution < -0.4 is 5.32 Å². The molecule has 0 heterocycles. The van der Waals surface area contributed by atoms with Crippen molar-refractivity contribution in [2.24, 2.45) is 0 Å². The fraction of sp³-hybridized carbons (Fsp3) is 0.417. The third kappa shape index (κ3) is 7.87. The number of carbonyl (C=O) groups is 2. The molecule has 2 aromatic carbocycles. The number of amides is 2. The van der Waals surface area contributed by atoms with Crippen LogP contribution in [0.15, 0.2) is 42.5 Å². The maximum absolute atomic E-state index is 13.3. The van der Waals surface area contributed by atoms with Gasteiger partial charge >= 0.3 is 0 Å². The molecule has 0 radical (unpaired) electrons. The molecule has 32 heavy (non-hydrogen) atoms. The number of carbonyl (C=O) groups excluding carboxylic acids is 2. The number of hydrogen-bond acceptors (Lipinski definition) is 3. The first-order chi connectivity index (χ1) is 15.3. The smallest absolute Gasteiger partial charge is 0.243 e. The Hall–Kier alpha value is -1.40. The van der Waals surface area contributed by atoms with E-state index in [1.54, 1.807) is 23.1 Å². The highest BCUT2D eigenvalue weighted by molar-refractivity contribution is 7.99. The number of hydrogen-bond donors (Lipinski definition) is 1. The molecule has 8 heteroatoms. The Morgan fingerprint density at radius 2 is 1.69 bits per heavy atom. The van der Waals surface area contributed by atoms with Gasteiger partial charge in [-0.25, -0.2) is 0 Å². The molecule has 1 N–H and O–H groups in total. The molecule has 2 aromatic rings. The summed E-state index contributed by atoms with van der Waals surface area (Å²) in [6.45, 7) is 6.02. The highest BCUT2D eigenvalue weighted by atomic mass is 35.5. The number of thioether (sulfide) groups is 1. The van der Waals surface area contributed by atoms with Crippen LogP contribution in [0.2, 0.25) is 15.1 Å². The van der Waals surface area contributed by atoms with Gasteiger partial charge in [-0.1, -0.05) is 66.8 Å². The number of halogens is 3. The number of nitrogens with zero attached hydrogens (tertiary/aromatic N) is 1. The van der Waals surface area contributed by atoms with Crippen molar-refractivity contribution in [1.82, 2.24) is 10.2 Å². The van der Waals surface area contributed by atoms with E-state index < -0.39 is 6.04 Å². The normalized spacial score (nSPS) is 12.8. The van der Waals surface area contributed by atoms with E-state index in [1.807, 2.05) is 45.0 Å². The summed E-state index contributed by atoms with van der Waals surface area (Å²) in [5.74, 6) is 0.558. The Labute approximate surface area is 210 Å². The lowest BCUT2D eigenvalue weighted by Crippen LogP contribution is -2.51. The Balaban J connectivity index is 2.21. The summed E-state index contributed by atoms with van der Waals surface area (Å²) in [5.41, 5.74) is 1.68. The van der Waals surface area contributed by atoms with Gasteiger partial charge in [0.2, 0.25) is 11.8 Å². The molecule has 174 valence electrons. The summed E-state index contributed by atoms with van der Waals surface area (Å²) in [6, 6.07) is 12.2. The van der Waals surface area contributed by atoms with Crippen LogP contribution in [0.4, 0.5) is 0 Å². The maximum atomic E-state index is 13.3. The van der Waals surface area contributed by atoms with Gasteiger partial charge in [0.25, 0.3) is 0 Å². The molecule has 2 amide bonds. The first-order valence-corrected chi connectivity index (χ1v) is 12.9. The monoisotopic (exact) mass is 514 g/mol. The second-order valence-corrected chi connectivity index (χ2v) is 9.82. The van der Waals surface area contributed by atoms with Crippen molar-refractivity contribution in [2.45, 2.75) is 58.0 Å². The van der Waals surface area contributed by atoms with Crippen LogP contribution in [0.1, 0.15) is 44.7 Å². The molecule has 0 saturated carbocycles. The first-order valence-electron chi connectivity index (χ1n) is 10.6. The SMILES string of the molecule is CC[C@H](C(=O)N[C@@H](C)CC)N(Cc1c(Cl)cccc1Cl)C(=O)CSCc1cccc(Cl)c1. The van der Waals surface area contributed by atoms with E-state index in [9.17, 15) is 9.59 Å². The van der Waals surface area contributed by atoms with Gasteiger partial charge in [0.15, 0.2) is 0 Å². The van der Waals surface area contributed by atoms with Gasteiger partial charge in [-0.05, 0) is 49.6 Å². The number of nitrogens with one attached hydrogen (secondary N) is 1. The molecule has 2 rings (SSSR count). The molecule has 0 aliphatic heterocycles. The Bertz CT molecular complexity index is 906. The second kappa shape index (κ2) is 13.3. The minimum absolute atomic E-state index is 0.0228. The van der Waals surface area contributed by atoms with Crippen molar-refractivity contribution >= 4 is 58.4 Å². The lowest BCUT2D eigenvalue weighted by Gasteiger charge is -2.32. The van der Waals surface area contributed by atoms with Crippen LogP contribution in [0.3, 0.4) is 0 Å². The number of rotatable bonds is 11. The van der Waals surface area contributed by atoms with Gasteiger partial charge in [-0.2, -0.15) is 0 Å². The third-order valence-corrected chi connectivity index (χ3v) is 7.09. The van der Waals surface area contributed by atoms with Crippen molar-refractivity contribution in [3.05, 3.63) is 68.7 Å². The van der Waals surface area contributed by atoms with Gasteiger partial charge in [-0.3, -0.25) is 9.59 Å². The predicted molar refractivity (Wildman–Crippen MR) is 137 cm³/mol. The lowest BCUT2D eigenvalue weighted by molar-refractivity contribution is -0.139. The fourth-order valence-corrected chi connectivity index (χ4v) is 4.77. The quantitative estimate of drug-likeness (QED) is 0.367. The topological polar surface area (TPSA) is 49.4 Å². The minimum Gasteiger partial charge on any atom is -0.352 e. The molecule has 0 spiro atoms. The average Bonchev–Trinajstić information content (AvgIpc) is 2.75. The van der Waals surface area contributed by atoms with Gasteiger partial charge < -0.3 is 10.2 Å². The molecule has 0 fully saturated rings. The van der Waals surface area contributed by atoms with Crippen LogP contribution in [-0.2, 0) is 21.9 Å². The molecular formula is C24H29Cl3N2O2S. The average molecular weight is 516 g/mol. The van der Waals surface area contributed by atoms with Gasteiger partial charge in [-0.15, -0.1) is 11.8 Å². The molecule has 0 aliphatic carbocycles. The van der Waals surface area contributed by atoms with Crippen LogP contribution in [0, 0.1) is 0 Å². The van der Waals surface area contributed by atoms with Gasteiger partial charge in [0, 0.05) is 39.0 Å². The second-order valence-electron chi connectivity index (χ2n) is 7.59. The first kappa shape index (κ1) is 26.8. The third-order valence-electron chi connectivity index (χ3n) is 5.16. The zero-order valence-corrected chi connectivity index (χ0v) is 21.6. The Morgan fingerprint density at radius 1 is 1.03 bits per heavy atom. The molecule has 0 bridgehead atoms. The van der Waals surface area contributed by atoms with Gasteiger partial charge in [0.05, 0.1) is 5.75 Å². The standard InChI is InChI=1S/C24H29Cl3N2O2S/c1-4-16(3)28-24(31)22(5-2)29(13-19-20(26)10-7-11-21(19)27)23(30)15-32-14-17-8-6-9-18(25)12-17/h6-12,16,22H,4-5,13-15H2,1-3H3,(H,28,31)/t16-,22+/m0/s1. The molecule has 2 atom stereocenters. The van der Waals surface area contributed by atoms with Crippen LogP contribution in [-0.4, -0.2) is 34.6 Å². The molecule has 0 aliphatic rings. The molecule has 0 unspecified atom stereocenters. The predicted octanol–water partition coefficient (Wildman–Crippen LogP) is 6.60. The molecule has 0 saturated heterocycles. The Kier molecular flexibility index (Phi) is 11.2. The van der Waals surface area contributed by atoms with Crippen molar-refractivity contribution in [3.63, 3.8) is 0 Å². The maximum Gasteiger partial charge on any atom is 0.243 e. The summed E-state index contributed by atoms with van der Waals surface area (Å²) in [4.78, 5) is 27.9. The molecule has 4 nitrogen and oxygen atoms in total. The summed E-state index contributed by atoms with van der Waals surface area (Å²) in [6.07, 6.45) is 1.29. The number of benzene rings is 2. The van der Waals surface area contributed by atoms with E-state index >= 15 is 0 Å². The lowest BCUT2D eigenvalue weighted by atomic mass is 10.1. The zero-order chi connectivity index (χ0) is 23.7. The van der Waals surface area contributed by atoms with Gasteiger partial charge in [0.1, 0.15) is 6.04 Å². The highest BCUT2D eigenvalue weighted by Gasteiger charge is 2.30. The summed E-state index contributed by atoms with van der Waals surface area (Å²) in [5, 5.41) is 4.61. The van der Waals surface area contributed by atoms with E-state index in [0.29, 0.717) is 32.8 Å². The fourth-order valence-electron chi connectivity index (χ4n) is 3.18. The molecule has 0 aromatic heterocycles. The van der Waals surface area contributed by atoms with E-state index in [1.165, 1.54) is 11.8 Å². The largest absolute Gasteiger partial charge is 0.352 e. The van der Waals surface area contributed by atoms with E-state index in [0.717, 1.165) is 12.0 Å². The summed E-state index contributed by atoms with van der Waals surface area (Å²) < 4.78 is 0. The summed E-state index contributed by atoms with van der Waals surface area (Å²) in [7, 11) is 0. The van der Waals surface area contributed by atoms with E-state index in [4.69, 9.17) is 34.8 Å². The minimum atomic E-state index is -0.615. The van der Waals surface area contributed by atoms with E-state index in [-0.39, 0.29) is 30.2 Å². The van der Waals surface area contributed by atoms with Crippen LogP contribution in [0.5, 0.6) is 0 Å². The molecular weight excluding hydrogens is 487 g/mol. The van der Waals surface area contributed by atoms with Crippen molar-refractivity contribution < 1.29 is 9.59 Å². The van der Waals surface area contributed by atoms with E-state index in [2.05, 4.69) is 5.32 Å². The summed E-state index contributed by atoms with van der Waals surface area (Å²) >= 11 is 20.3.